The molecule has 1 saturated heterocycles. The summed E-state index contributed by atoms with van der Waals surface area (Å²) in [6.07, 6.45) is 2.22. The predicted molar refractivity (Wildman–Crippen MR) is 124 cm³/mol. The lowest BCUT2D eigenvalue weighted by Crippen LogP contribution is -2.51. The molecule has 174 valence electrons. The number of likely N-dealkylation sites (tertiary alicyclic amines) is 1. The van der Waals surface area contributed by atoms with E-state index in [1.807, 2.05) is 24.3 Å². The van der Waals surface area contributed by atoms with Crippen molar-refractivity contribution >= 4 is 29.2 Å². The Labute approximate surface area is 198 Å². The second kappa shape index (κ2) is 9.83. The lowest BCUT2D eigenvalue weighted by atomic mass is 9.82. The van der Waals surface area contributed by atoms with Gasteiger partial charge in [0.1, 0.15) is 17.1 Å². The first kappa shape index (κ1) is 23.1. The van der Waals surface area contributed by atoms with Crippen LogP contribution in [-0.4, -0.2) is 54.3 Å². The van der Waals surface area contributed by atoms with E-state index in [0.717, 1.165) is 5.56 Å². The van der Waals surface area contributed by atoms with Gasteiger partial charge in [0.2, 0.25) is 5.91 Å². The molecule has 0 aromatic heterocycles. The van der Waals surface area contributed by atoms with Gasteiger partial charge in [0.05, 0.1) is 12.0 Å². The smallest absolute Gasteiger partial charge is 0.257 e. The number of halogens is 1. The Hall–Kier alpha value is -3.06. The zero-order valence-corrected chi connectivity index (χ0v) is 19.3. The van der Waals surface area contributed by atoms with E-state index in [1.54, 1.807) is 30.0 Å². The number of carbonyl (C=O) groups excluding carboxylic acids is 3. The predicted octanol–water partition coefficient (Wildman–Crippen LogP) is 3.42. The zero-order valence-electron chi connectivity index (χ0n) is 18.6. The van der Waals surface area contributed by atoms with Gasteiger partial charge in [-0.15, -0.1) is 0 Å². The van der Waals surface area contributed by atoms with Crippen LogP contribution < -0.4 is 14.8 Å². The SMILES string of the molecule is CC(=O)N1CCC2(CC1)CC(=O)c1ccc(OCC(=O)NCCc3ccc(Cl)cc3)cc1O2. The van der Waals surface area contributed by atoms with E-state index in [0.29, 0.717) is 67.4 Å². The maximum Gasteiger partial charge on any atom is 0.257 e. The van der Waals surface area contributed by atoms with Crippen molar-refractivity contribution in [3.05, 3.63) is 58.6 Å². The summed E-state index contributed by atoms with van der Waals surface area (Å²) in [6, 6.07) is 12.5. The molecule has 33 heavy (non-hydrogen) atoms. The molecule has 0 bridgehead atoms. The summed E-state index contributed by atoms with van der Waals surface area (Å²) in [6.45, 7) is 3.06. The van der Waals surface area contributed by atoms with Gasteiger partial charge < -0.3 is 19.7 Å². The van der Waals surface area contributed by atoms with Crippen molar-refractivity contribution in [2.45, 2.75) is 38.2 Å². The second-order valence-corrected chi connectivity index (χ2v) is 9.00. The Morgan fingerprint density at radius 3 is 2.58 bits per heavy atom. The fraction of sp³-hybridized carbons (Fsp3) is 0.400. The maximum atomic E-state index is 12.7. The van der Waals surface area contributed by atoms with E-state index in [4.69, 9.17) is 21.1 Å². The van der Waals surface area contributed by atoms with E-state index in [9.17, 15) is 14.4 Å². The van der Waals surface area contributed by atoms with Crippen LogP contribution in [0.4, 0.5) is 0 Å². The molecule has 2 aliphatic heterocycles. The van der Waals surface area contributed by atoms with Gasteiger partial charge in [-0.05, 0) is 36.2 Å². The van der Waals surface area contributed by atoms with Gasteiger partial charge >= 0.3 is 0 Å². The fourth-order valence-electron chi connectivity index (χ4n) is 4.27. The highest BCUT2D eigenvalue weighted by atomic mass is 35.5. The summed E-state index contributed by atoms with van der Waals surface area (Å²) in [5.74, 6) is 0.774. The van der Waals surface area contributed by atoms with Gasteiger partial charge in [-0.25, -0.2) is 0 Å². The highest BCUT2D eigenvalue weighted by Gasteiger charge is 2.43. The van der Waals surface area contributed by atoms with Crippen LogP contribution in [0.15, 0.2) is 42.5 Å². The summed E-state index contributed by atoms with van der Waals surface area (Å²) in [4.78, 5) is 38.3. The molecule has 0 aliphatic carbocycles. The van der Waals surface area contributed by atoms with Crippen LogP contribution >= 0.6 is 11.6 Å². The highest BCUT2D eigenvalue weighted by molar-refractivity contribution is 6.30. The molecule has 0 radical (unpaired) electrons. The minimum atomic E-state index is -0.590. The van der Waals surface area contributed by atoms with E-state index in [2.05, 4.69) is 5.32 Å². The van der Waals surface area contributed by atoms with Crippen LogP contribution in [-0.2, 0) is 16.0 Å². The quantitative estimate of drug-likeness (QED) is 0.699. The van der Waals surface area contributed by atoms with Gasteiger partial charge in [0.15, 0.2) is 12.4 Å². The zero-order chi connectivity index (χ0) is 23.4. The molecule has 2 heterocycles. The van der Waals surface area contributed by atoms with Crippen LogP contribution in [0.2, 0.25) is 5.02 Å². The number of benzene rings is 2. The second-order valence-electron chi connectivity index (χ2n) is 8.56. The van der Waals surface area contributed by atoms with Crippen molar-refractivity contribution < 1.29 is 23.9 Å². The van der Waals surface area contributed by atoms with E-state index >= 15 is 0 Å². The summed E-state index contributed by atoms with van der Waals surface area (Å²) in [5, 5.41) is 3.51. The number of fused-ring (bicyclic) bond motifs is 1. The van der Waals surface area contributed by atoms with Gasteiger partial charge in [-0.1, -0.05) is 23.7 Å². The molecule has 1 N–H and O–H groups in total. The first-order valence-corrected chi connectivity index (χ1v) is 11.5. The van der Waals surface area contributed by atoms with Crippen molar-refractivity contribution in [2.75, 3.05) is 26.2 Å². The summed E-state index contributed by atoms with van der Waals surface area (Å²) < 4.78 is 11.9. The fourth-order valence-corrected chi connectivity index (χ4v) is 4.40. The molecule has 7 nitrogen and oxygen atoms in total. The molecule has 0 saturated carbocycles. The number of nitrogens with zero attached hydrogens (tertiary/aromatic N) is 1. The minimum Gasteiger partial charge on any atom is -0.486 e. The molecular weight excluding hydrogens is 444 g/mol. The standard InChI is InChI=1S/C25H27ClN2O5/c1-17(29)28-12-9-25(10-13-28)15-22(30)21-7-6-20(14-23(21)33-25)32-16-24(31)27-11-8-18-2-4-19(26)5-3-18/h2-7,14H,8-13,15-16H2,1H3,(H,27,31). The number of Topliss-reactive ketones (excluding diaryl/α,β-unsaturated/α-hetero) is 1. The first-order chi connectivity index (χ1) is 15.8. The van der Waals surface area contributed by atoms with Crippen LogP contribution in [0.3, 0.4) is 0 Å². The van der Waals surface area contributed by atoms with Gasteiger partial charge in [0.25, 0.3) is 5.91 Å². The maximum absolute atomic E-state index is 12.7. The first-order valence-electron chi connectivity index (χ1n) is 11.1. The van der Waals surface area contributed by atoms with Crippen molar-refractivity contribution in [1.82, 2.24) is 10.2 Å². The Morgan fingerprint density at radius 1 is 1.15 bits per heavy atom. The normalized spacial score (nSPS) is 16.7. The third kappa shape index (κ3) is 5.66. The van der Waals surface area contributed by atoms with Gasteiger partial charge in [-0.3, -0.25) is 14.4 Å². The number of carbonyl (C=O) groups is 3. The summed E-state index contributed by atoms with van der Waals surface area (Å²) in [7, 11) is 0. The molecule has 1 fully saturated rings. The van der Waals surface area contributed by atoms with Crippen molar-refractivity contribution in [2.24, 2.45) is 0 Å². The molecule has 0 atom stereocenters. The van der Waals surface area contributed by atoms with Crippen LogP contribution in [0, 0.1) is 0 Å². The van der Waals surface area contributed by atoms with E-state index < -0.39 is 5.60 Å². The van der Waals surface area contributed by atoms with E-state index in [1.165, 1.54) is 0 Å². The highest BCUT2D eigenvalue weighted by Crippen LogP contribution is 2.40. The van der Waals surface area contributed by atoms with Crippen LogP contribution in [0.1, 0.15) is 42.1 Å². The number of nitrogens with one attached hydrogen (secondary N) is 1. The number of ether oxygens (including phenoxy) is 2. The Kier molecular flexibility index (Phi) is 6.88. The Morgan fingerprint density at radius 2 is 1.88 bits per heavy atom. The van der Waals surface area contributed by atoms with Gasteiger partial charge in [0, 0.05) is 50.5 Å². The number of ketones is 1. The van der Waals surface area contributed by atoms with Crippen LogP contribution in [0.25, 0.3) is 0 Å². The monoisotopic (exact) mass is 470 g/mol. The number of hydrogen-bond donors (Lipinski definition) is 1. The Bertz CT molecular complexity index is 1050. The molecule has 8 heteroatoms. The third-order valence-corrected chi connectivity index (χ3v) is 6.45. The average Bonchev–Trinajstić information content (AvgIpc) is 2.79. The number of piperidine rings is 1. The molecule has 1 spiro atoms. The molecule has 0 unspecified atom stereocenters. The summed E-state index contributed by atoms with van der Waals surface area (Å²) in [5.41, 5.74) is 1.02. The molecular formula is C25H27ClN2O5. The van der Waals surface area contributed by atoms with Crippen molar-refractivity contribution in [1.29, 1.82) is 0 Å². The van der Waals surface area contributed by atoms with E-state index in [-0.39, 0.29) is 24.2 Å². The molecule has 2 amide bonds. The van der Waals surface area contributed by atoms with Crippen molar-refractivity contribution in [3.63, 3.8) is 0 Å². The minimum absolute atomic E-state index is 0.0269. The third-order valence-electron chi connectivity index (χ3n) is 6.20. The summed E-state index contributed by atoms with van der Waals surface area (Å²) >= 11 is 5.88. The molecule has 2 aromatic carbocycles. The van der Waals surface area contributed by atoms with Gasteiger partial charge in [-0.2, -0.15) is 0 Å². The average molecular weight is 471 g/mol. The molecule has 2 aromatic rings. The molecule has 4 rings (SSSR count). The largest absolute Gasteiger partial charge is 0.486 e. The Balaban J connectivity index is 1.30. The lowest BCUT2D eigenvalue weighted by Gasteiger charge is -2.43. The van der Waals surface area contributed by atoms with Crippen LogP contribution in [0.5, 0.6) is 11.5 Å². The molecule has 2 aliphatic rings. The number of hydrogen-bond acceptors (Lipinski definition) is 5. The van der Waals surface area contributed by atoms with Crippen molar-refractivity contribution in [3.8, 4) is 11.5 Å². The number of rotatable bonds is 6. The topological polar surface area (TPSA) is 84.9 Å². The number of amides is 2. The lowest BCUT2D eigenvalue weighted by molar-refractivity contribution is -0.132.